The van der Waals surface area contributed by atoms with Crippen LogP contribution in [0.4, 0.5) is 19.0 Å². The summed E-state index contributed by atoms with van der Waals surface area (Å²) in [6.07, 6.45) is 0. The van der Waals surface area contributed by atoms with Crippen LogP contribution in [-0.2, 0) is 0 Å². The number of hydrogen-bond acceptors (Lipinski definition) is 3. The molecule has 0 unspecified atom stereocenters. The molecule has 0 amide bonds. The second kappa shape index (κ2) is 5.26. The predicted octanol–water partition coefficient (Wildman–Crippen LogP) is 3.30. The highest BCUT2D eigenvalue weighted by molar-refractivity contribution is 5.58. The van der Waals surface area contributed by atoms with E-state index in [9.17, 15) is 13.2 Å². The molecule has 3 nitrogen and oxygen atoms in total. The van der Waals surface area contributed by atoms with Gasteiger partial charge < -0.3 is 5.32 Å². The number of nitrogens with one attached hydrogen (secondary N) is 1. The molecule has 0 fully saturated rings. The third kappa shape index (κ3) is 2.83. The highest BCUT2D eigenvalue weighted by Gasteiger charge is 2.13. The van der Waals surface area contributed by atoms with Crippen molar-refractivity contribution in [3.05, 3.63) is 41.3 Å². The molecule has 19 heavy (non-hydrogen) atoms. The standard InChI is InChI=1S/C13H12F3N3/c1-3-17-13-11(16)7(2)18-12(19-13)8-4-9(14)6-10(15)5-8/h4-6H,3H2,1-2H3,(H,17,18,19). The summed E-state index contributed by atoms with van der Waals surface area (Å²) in [7, 11) is 0. The van der Waals surface area contributed by atoms with E-state index >= 15 is 0 Å². The van der Waals surface area contributed by atoms with Crippen molar-refractivity contribution < 1.29 is 13.2 Å². The molecule has 0 atom stereocenters. The Bertz CT molecular complexity index is 594. The quantitative estimate of drug-likeness (QED) is 0.927. The van der Waals surface area contributed by atoms with Gasteiger partial charge in [-0.2, -0.15) is 0 Å². The van der Waals surface area contributed by atoms with Gasteiger partial charge in [-0.25, -0.2) is 23.1 Å². The SMILES string of the molecule is CCNc1nc(-c2cc(F)cc(F)c2)nc(C)c1F. The van der Waals surface area contributed by atoms with Crippen LogP contribution in [0.3, 0.4) is 0 Å². The molecule has 0 saturated carbocycles. The smallest absolute Gasteiger partial charge is 0.186 e. The maximum atomic E-state index is 13.7. The van der Waals surface area contributed by atoms with E-state index in [1.807, 2.05) is 0 Å². The van der Waals surface area contributed by atoms with E-state index in [4.69, 9.17) is 0 Å². The molecule has 100 valence electrons. The molecule has 2 aromatic rings. The Labute approximate surface area is 108 Å². The fourth-order valence-electron chi connectivity index (χ4n) is 1.66. The van der Waals surface area contributed by atoms with E-state index in [0.717, 1.165) is 18.2 Å². The van der Waals surface area contributed by atoms with Crippen LogP contribution >= 0.6 is 0 Å². The van der Waals surface area contributed by atoms with E-state index in [-0.39, 0.29) is 22.9 Å². The maximum Gasteiger partial charge on any atom is 0.186 e. The Hall–Kier alpha value is -2.11. The van der Waals surface area contributed by atoms with Crippen molar-refractivity contribution in [1.29, 1.82) is 0 Å². The lowest BCUT2D eigenvalue weighted by atomic mass is 10.2. The van der Waals surface area contributed by atoms with E-state index in [1.165, 1.54) is 6.92 Å². The summed E-state index contributed by atoms with van der Waals surface area (Å²) in [5, 5.41) is 2.74. The van der Waals surface area contributed by atoms with Crippen LogP contribution in [0.1, 0.15) is 12.6 Å². The lowest BCUT2D eigenvalue weighted by Gasteiger charge is -2.09. The summed E-state index contributed by atoms with van der Waals surface area (Å²) < 4.78 is 40.0. The van der Waals surface area contributed by atoms with Gasteiger partial charge in [0, 0.05) is 18.2 Å². The molecular weight excluding hydrogens is 255 g/mol. The third-order valence-electron chi connectivity index (χ3n) is 2.48. The molecule has 0 aliphatic heterocycles. The minimum Gasteiger partial charge on any atom is -0.368 e. The summed E-state index contributed by atoms with van der Waals surface area (Å²) in [6.45, 7) is 3.74. The highest BCUT2D eigenvalue weighted by atomic mass is 19.1. The summed E-state index contributed by atoms with van der Waals surface area (Å²) in [6, 6.07) is 2.96. The largest absolute Gasteiger partial charge is 0.368 e. The van der Waals surface area contributed by atoms with E-state index in [2.05, 4.69) is 15.3 Å². The van der Waals surface area contributed by atoms with Crippen LogP contribution in [0.25, 0.3) is 11.4 Å². The Morgan fingerprint density at radius 2 is 1.68 bits per heavy atom. The second-order valence-corrected chi connectivity index (χ2v) is 3.98. The topological polar surface area (TPSA) is 37.8 Å². The molecule has 2 rings (SSSR count). The average molecular weight is 267 g/mol. The van der Waals surface area contributed by atoms with Crippen molar-refractivity contribution in [1.82, 2.24) is 9.97 Å². The van der Waals surface area contributed by atoms with Gasteiger partial charge in [-0.05, 0) is 26.0 Å². The molecule has 6 heteroatoms. The molecule has 1 aromatic heterocycles. The fraction of sp³-hybridized carbons (Fsp3) is 0.231. The van der Waals surface area contributed by atoms with Gasteiger partial charge in [0.15, 0.2) is 17.5 Å². The van der Waals surface area contributed by atoms with Gasteiger partial charge in [0.1, 0.15) is 11.6 Å². The molecule has 0 spiro atoms. The molecule has 0 aliphatic rings. The number of rotatable bonds is 3. The minimum absolute atomic E-state index is 0.0228. The van der Waals surface area contributed by atoms with Gasteiger partial charge in [-0.3, -0.25) is 0 Å². The maximum absolute atomic E-state index is 13.7. The first-order chi connectivity index (χ1) is 9.01. The number of aromatic nitrogens is 2. The van der Waals surface area contributed by atoms with Crippen LogP contribution < -0.4 is 5.32 Å². The monoisotopic (exact) mass is 267 g/mol. The minimum atomic E-state index is -0.731. The molecule has 1 N–H and O–H groups in total. The summed E-state index contributed by atoms with van der Waals surface area (Å²) in [5.74, 6) is -1.93. The van der Waals surface area contributed by atoms with Gasteiger partial charge in [-0.1, -0.05) is 0 Å². The number of halogens is 3. The van der Waals surface area contributed by atoms with Crippen LogP contribution in [0.15, 0.2) is 18.2 Å². The van der Waals surface area contributed by atoms with E-state index < -0.39 is 17.5 Å². The summed E-state index contributed by atoms with van der Waals surface area (Å²) >= 11 is 0. The summed E-state index contributed by atoms with van der Waals surface area (Å²) in [4.78, 5) is 7.85. The molecular formula is C13H12F3N3. The van der Waals surface area contributed by atoms with Crippen molar-refractivity contribution in [2.75, 3.05) is 11.9 Å². The van der Waals surface area contributed by atoms with Crippen LogP contribution in [-0.4, -0.2) is 16.5 Å². The predicted molar refractivity (Wildman–Crippen MR) is 66.2 cm³/mol. The van der Waals surface area contributed by atoms with Gasteiger partial charge in [0.25, 0.3) is 0 Å². The van der Waals surface area contributed by atoms with Gasteiger partial charge >= 0.3 is 0 Å². The molecule has 1 heterocycles. The first-order valence-corrected chi connectivity index (χ1v) is 5.75. The van der Waals surface area contributed by atoms with Gasteiger partial charge in [0.2, 0.25) is 0 Å². The van der Waals surface area contributed by atoms with Gasteiger partial charge in [-0.15, -0.1) is 0 Å². The van der Waals surface area contributed by atoms with Crippen molar-refractivity contribution >= 4 is 5.82 Å². The average Bonchev–Trinajstić information content (AvgIpc) is 2.33. The normalized spacial score (nSPS) is 10.6. The molecule has 0 bridgehead atoms. The number of anilines is 1. The number of aryl methyl sites for hydroxylation is 1. The van der Waals surface area contributed by atoms with E-state index in [0.29, 0.717) is 6.54 Å². The van der Waals surface area contributed by atoms with Crippen molar-refractivity contribution in [3.63, 3.8) is 0 Å². The van der Waals surface area contributed by atoms with Crippen molar-refractivity contribution in [3.8, 4) is 11.4 Å². The van der Waals surface area contributed by atoms with Gasteiger partial charge in [0.05, 0.1) is 5.69 Å². The van der Waals surface area contributed by atoms with Crippen molar-refractivity contribution in [2.24, 2.45) is 0 Å². The first-order valence-electron chi connectivity index (χ1n) is 5.75. The Morgan fingerprint density at radius 1 is 1.05 bits per heavy atom. The first kappa shape index (κ1) is 13.3. The Morgan fingerprint density at radius 3 is 2.26 bits per heavy atom. The van der Waals surface area contributed by atoms with Crippen LogP contribution in [0.5, 0.6) is 0 Å². The fourth-order valence-corrected chi connectivity index (χ4v) is 1.66. The number of hydrogen-bond donors (Lipinski definition) is 1. The van der Waals surface area contributed by atoms with Crippen LogP contribution in [0, 0.1) is 24.4 Å². The highest BCUT2D eigenvalue weighted by Crippen LogP contribution is 2.22. The number of benzene rings is 1. The second-order valence-electron chi connectivity index (χ2n) is 3.98. The van der Waals surface area contributed by atoms with Crippen molar-refractivity contribution in [2.45, 2.75) is 13.8 Å². The molecule has 0 aliphatic carbocycles. The molecule has 0 saturated heterocycles. The zero-order valence-electron chi connectivity index (χ0n) is 10.5. The summed E-state index contributed by atoms with van der Waals surface area (Å²) in [5.41, 5.74) is 0.283. The molecule has 0 radical (unpaired) electrons. The lowest BCUT2D eigenvalue weighted by molar-refractivity contribution is 0.583. The number of nitrogens with zero attached hydrogens (tertiary/aromatic N) is 2. The Balaban J connectivity index is 2.55. The molecule has 1 aromatic carbocycles. The third-order valence-corrected chi connectivity index (χ3v) is 2.48. The van der Waals surface area contributed by atoms with E-state index in [1.54, 1.807) is 6.92 Å². The zero-order chi connectivity index (χ0) is 14.0. The zero-order valence-corrected chi connectivity index (χ0v) is 10.5. The lowest BCUT2D eigenvalue weighted by Crippen LogP contribution is -2.07. The van der Waals surface area contributed by atoms with Crippen LogP contribution in [0.2, 0.25) is 0 Å². The Kier molecular flexibility index (Phi) is 3.69.